The Labute approximate surface area is 169 Å². The quantitative estimate of drug-likeness (QED) is 0.729. The number of nitrogens with one attached hydrogen (secondary N) is 1. The van der Waals surface area contributed by atoms with Gasteiger partial charge in [-0.25, -0.2) is 8.42 Å². The summed E-state index contributed by atoms with van der Waals surface area (Å²) in [4.78, 5) is 27.1. The van der Waals surface area contributed by atoms with E-state index in [1.54, 1.807) is 12.1 Å². The lowest BCUT2D eigenvalue weighted by molar-refractivity contribution is -0.123. The number of hydrogen-bond acceptors (Lipinski definition) is 6. The van der Waals surface area contributed by atoms with Crippen LogP contribution < -0.4 is 10.2 Å². The Balaban J connectivity index is 1.88. The molecule has 1 fully saturated rings. The van der Waals surface area contributed by atoms with E-state index in [1.807, 2.05) is 13.8 Å². The Morgan fingerprint density at radius 3 is 2.71 bits per heavy atom. The number of anilines is 1. The van der Waals surface area contributed by atoms with Crippen molar-refractivity contribution in [2.45, 2.75) is 36.1 Å². The van der Waals surface area contributed by atoms with Gasteiger partial charge in [-0.3, -0.25) is 9.59 Å². The highest BCUT2D eigenvalue weighted by Crippen LogP contribution is 2.37. The molecule has 0 spiro atoms. The number of morpholine rings is 1. The highest BCUT2D eigenvalue weighted by atomic mass is 32.2. The molecule has 3 rings (SSSR count). The minimum atomic E-state index is -3.68. The molecule has 0 radical (unpaired) electrons. The SMILES string of the molecule is CC[C@H](C)NC(=O)CN1C(=O)CSc2ccc(S(=O)(=O)N3CCOCC3)cc21. The molecule has 154 valence electrons. The number of fused-ring (bicyclic) bond motifs is 1. The van der Waals surface area contributed by atoms with Crippen molar-refractivity contribution in [3.05, 3.63) is 18.2 Å². The lowest BCUT2D eigenvalue weighted by Crippen LogP contribution is -2.45. The van der Waals surface area contributed by atoms with Gasteiger partial charge in [0.2, 0.25) is 21.8 Å². The predicted molar refractivity (Wildman–Crippen MR) is 107 cm³/mol. The number of sulfonamides is 1. The molecule has 10 heteroatoms. The van der Waals surface area contributed by atoms with Crippen molar-refractivity contribution >= 4 is 39.3 Å². The predicted octanol–water partition coefficient (Wildman–Crippen LogP) is 1.06. The zero-order chi connectivity index (χ0) is 20.3. The molecule has 0 unspecified atom stereocenters. The number of rotatable bonds is 6. The van der Waals surface area contributed by atoms with Gasteiger partial charge >= 0.3 is 0 Å². The standard InChI is InChI=1S/C18H25N3O5S2/c1-3-13(2)19-17(22)11-21-15-10-14(4-5-16(15)27-12-18(21)23)28(24,25)20-6-8-26-9-7-20/h4-5,10,13H,3,6-9,11-12H2,1-2H3,(H,19,22)/t13-/m0/s1. The average Bonchev–Trinajstić information content (AvgIpc) is 2.70. The summed E-state index contributed by atoms with van der Waals surface area (Å²) >= 11 is 1.35. The Morgan fingerprint density at radius 1 is 1.32 bits per heavy atom. The van der Waals surface area contributed by atoms with Crippen LogP contribution in [0.15, 0.2) is 28.0 Å². The second-order valence-corrected chi connectivity index (χ2v) is 9.75. The molecule has 0 aliphatic carbocycles. The second kappa shape index (κ2) is 8.81. The summed E-state index contributed by atoms with van der Waals surface area (Å²) in [6, 6.07) is 4.78. The number of ether oxygens (including phenoxy) is 1. The molecule has 1 N–H and O–H groups in total. The first-order chi connectivity index (χ1) is 13.3. The van der Waals surface area contributed by atoms with Crippen LogP contribution in [0, 0.1) is 0 Å². The highest BCUT2D eigenvalue weighted by molar-refractivity contribution is 8.00. The topological polar surface area (TPSA) is 96.0 Å². The molecule has 0 saturated carbocycles. The monoisotopic (exact) mass is 427 g/mol. The highest BCUT2D eigenvalue weighted by Gasteiger charge is 2.31. The van der Waals surface area contributed by atoms with Gasteiger partial charge in [0.25, 0.3) is 0 Å². The maximum absolute atomic E-state index is 12.9. The minimum Gasteiger partial charge on any atom is -0.379 e. The van der Waals surface area contributed by atoms with Gasteiger partial charge in [0, 0.05) is 24.0 Å². The summed E-state index contributed by atoms with van der Waals surface area (Å²) < 4.78 is 32.5. The van der Waals surface area contributed by atoms with Crippen LogP contribution in [0.2, 0.25) is 0 Å². The van der Waals surface area contributed by atoms with Crippen molar-refractivity contribution in [2.24, 2.45) is 0 Å². The Kier molecular flexibility index (Phi) is 6.64. The number of hydrogen-bond donors (Lipinski definition) is 1. The zero-order valence-corrected chi connectivity index (χ0v) is 17.6. The Morgan fingerprint density at radius 2 is 2.04 bits per heavy atom. The van der Waals surface area contributed by atoms with Crippen LogP contribution in [-0.4, -0.2) is 69.2 Å². The summed E-state index contributed by atoms with van der Waals surface area (Å²) in [5.41, 5.74) is 0.467. The van der Waals surface area contributed by atoms with Gasteiger partial charge in [0.05, 0.1) is 29.5 Å². The van der Waals surface area contributed by atoms with Crippen molar-refractivity contribution < 1.29 is 22.7 Å². The van der Waals surface area contributed by atoms with Crippen LogP contribution in [0.1, 0.15) is 20.3 Å². The van der Waals surface area contributed by atoms with Gasteiger partial charge in [0.15, 0.2) is 0 Å². The Bertz CT molecular complexity index is 853. The summed E-state index contributed by atoms with van der Waals surface area (Å²) in [6.45, 7) is 5.05. The summed E-state index contributed by atoms with van der Waals surface area (Å²) in [5, 5.41) is 2.84. The minimum absolute atomic E-state index is 0.00858. The fraction of sp³-hybridized carbons (Fsp3) is 0.556. The maximum atomic E-state index is 12.9. The van der Waals surface area contributed by atoms with E-state index in [1.165, 1.54) is 27.0 Å². The van der Waals surface area contributed by atoms with Crippen molar-refractivity contribution in [1.82, 2.24) is 9.62 Å². The fourth-order valence-corrected chi connectivity index (χ4v) is 5.36. The molecule has 2 aliphatic rings. The smallest absolute Gasteiger partial charge is 0.243 e. The van der Waals surface area contributed by atoms with Crippen LogP contribution in [0.3, 0.4) is 0 Å². The summed E-state index contributed by atoms with van der Waals surface area (Å²) in [7, 11) is -3.68. The first-order valence-electron chi connectivity index (χ1n) is 9.27. The Hall–Kier alpha value is -1.62. The molecule has 1 aromatic rings. The third-order valence-corrected chi connectivity index (χ3v) is 7.74. The number of amides is 2. The van der Waals surface area contributed by atoms with Gasteiger partial charge in [-0.2, -0.15) is 4.31 Å². The van der Waals surface area contributed by atoms with E-state index in [4.69, 9.17) is 4.74 Å². The maximum Gasteiger partial charge on any atom is 0.243 e. The van der Waals surface area contributed by atoms with Crippen LogP contribution in [-0.2, 0) is 24.3 Å². The van der Waals surface area contributed by atoms with E-state index in [9.17, 15) is 18.0 Å². The number of thioether (sulfide) groups is 1. The normalized spacial score (nSPS) is 19.2. The fourth-order valence-electron chi connectivity index (χ4n) is 3.02. The molecule has 2 heterocycles. The number of nitrogens with zero attached hydrogens (tertiary/aromatic N) is 2. The van der Waals surface area contributed by atoms with E-state index < -0.39 is 10.0 Å². The van der Waals surface area contributed by atoms with E-state index >= 15 is 0 Å². The van der Waals surface area contributed by atoms with Crippen molar-refractivity contribution in [2.75, 3.05) is 43.5 Å². The average molecular weight is 428 g/mol. The first kappa shape index (κ1) is 21.1. The molecular formula is C18H25N3O5S2. The molecular weight excluding hydrogens is 402 g/mol. The molecule has 1 saturated heterocycles. The van der Waals surface area contributed by atoms with Gasteiger partial charge in [0.1, 0.15) is 6.54 Å². The largest absolute Gasteiger partial charge is 0.379 e. The van der Waals surface area contributed by atoms with Crippen molar-refractivity contribution in [3.63, 3.8) is 0 Å². The van der Waals surface area contributed by atoms with Gasteiger partial charge in [-0.05, 0) is 31.5 Å². The molecule has 8 nitrogen and oxygen atoms in total. The summed E-state index contributed by atoms with van der Waals surface area (Å²) in [5.74, 6) is -0.251. The summed E-state index contributed by atoms with van der Waals surface area (Å²) in [6.07, 6.45) is 0.786. The van der Waals surface area contributed by atoms with E-state index in [0.717, 1.165) is 11.3 Å². The molecule has 0 bridgehead atoms. The molecule has 0 aromatic heterocycles. The lowest BCUT2D eigenvalue weighted by Gasteiger charge is -2.30. The molecule has 1 aromatic carbocycles. The molecule has 2 amide bonds. The van der Waals surface area contributed by atoms with Gasteiger partial charge in [-0.1, -0.05) is 6.92 Å². The first-order valence-corrected chi connectivity index (χ1v) is 11.7. The molecule has 28 heavy (non-hydrogen) atoms. The van der Waals surface area contributed by atoms with Crippen LogP contribution in [0.4, 0.5) is 5.69 Å². The van der Waals surface area contributed by atoms with E-state index in [-0.39, 0.29) is 35.0 Å². The second-order valence-electron chi connectivity index (χ2n) is 6.79. The van der Waals surface area contributed by atoms with Crippen molar-refractivity contribution in [1.29, 1.82) is 0 Å². The number of carbonyl (C=O) groups is 2. The third kappa shape index (κ3) is 4.51. The third-order valence-electron chi connectivity index (χ3n) is 4.80. The molecule has 2 aliphatic heterocycles. The van der Waals surface area contributed by atoms with Gasteiger partial charge in [-0.15, -0.1) is 11.8 Å². The number of carbonyl (C=O) groups excluding carboxylic acids is 2. The number of benzene rings is 1. The van der Waals surface area contributed by atoms with E-state index in [0.29, 0.717) is 32.0 Å². The lowest BCUT2D eigenvalue weighted by atomic mass is 10.2. The van der Waals surface area contributed by atoms with Crippen LogP contribution in [0.25, 0.3) is 0 Å². The molecule has 1 atom stereocenters. The van der Waals surface area contributed by atoms with Crippen LogP contribution >= 0.6 is 11.8 Å². The zero-order valence-electron chi connectivity index (χ0n) is 16.0. The van der Waals surface area contributed by atoms with Gasteiger partial charge < -0.3 is 15.0 Å². The van der Waals surface area contributed by atoms with E-state index in [2.05, 4.69) is 5.32 Å². The van der Waals surface area contributed by atoms with Crippen molar-refractivity contribution in [3.8, 4) is 0 Å². The van der Waals surface area contributed by atoms with Crippen LogP contribution in [0.5, 0.6) is 0 Å².